The first-order chi connectivity index (χ1) is 35.2. The van der Waals surface area contributed by atoms with Gasteiger partial charge >= 0.3 is 0 Å². The monoisotopic (exact) mass is 720 g/mol. The fourth-order valence-corrected chi connectivity index (χ4v) is 6.62. The Morgan fingerprint density at radius 3 is 1.58 bits per heavy atom. The van der Waals surface area contributed by atoms with Gasteiger partial charge in [0.05, 0.1) is 26.0 Å². The van der Waals surface area contributed by atoms with Gasteiger partial charge in [-0.3, -0.25) is 0 Å². The molecule has 0 bridgehead atoms. The van der Waals surface area contributed by atoms with E-state index in [1.807, 2.05) is 30.3 Å². The standard InChI is InChI=1S/C51H31N3O/c1-2-11-33(12-3-1)49-52-50(54-51(53-49)38-26-28-45-44-19-8-9-20-47(44)55-48(45)31-38)34-23-21-32(22-24-34)35-13-10-14-36(29-35)37-25-27-43-41-17-5-4-15-39(41)40-16-6-7-18-42(40)46(43)30-37/h1-31H/i4D,5D,6D,7D,10D,13D,14D,15D,16D,17D,18D,21D,22D,23D,24D,25D,27D,29D,30D. The van der Waals surface area contributed by atoms with Crippen molar-refractivity contribution in [2.24, 2.45) is 0 Å². The summed E-state index contributed by atoms with van der Waals surface area (Å²) in [6.45, 7) is 0. The highest BCUT2D eigenvalue weighted by Gasteiger charge is 2.15. The summed E-state index contributed by atoms with van der Waals surface area (Å²) in [6.07, 6.45) is 0. The predicted molar refractivity (Wildman–Crippen MR) is 227 cm³/mol. The van der Waals surface area contributed by atoms with E-state index < -0.39 is 175 Å². The second-order valence-electron chi connectivity index (χ2n) is 12.5. The van der Waals surface area contributed by atoms with E-state index in [4.69, 9.17) is 24.5 Å². The van der Waals surface area contributed by atoms with E-state index in [2.05, 4.69) is 9.97 Å². The molecule has 2 aromatic heterocycles. The van der Waals surface area contributed by atoms with E-state index in [1.54, 1.807) is 42.5 Å². The molecule has 0 fully saturated rings. The van der Waals surface area contributed by atoms with Crippen LogP contribution in [0.4, 0.5) is 0 Å². The lowest BCUT2D eigenvalue weighted by atomic mass is 9.91. The maximum Gasteiger partial charge on any atom is 0.164 e. The van der Waals surface area contributed by atoms with Crippen LogP contribution in [0.5, 0.6) is 0 Å². The van der Waals surface area contributed by atoms with Gasteiger partial charge in [0, 0.05) is 27.5 Å². The van der Waals surface area contributed by atoms with E-state index in [-0.39, 0.29) is 17.5 Å². The largest absolute Gasteiger partial charge is 0.456 e. The van der Waals surface area contributed by atoms with Gasteiger partial charge in [-0.25, -0.2) is 15.0 Å². The number of fused-ring (bicyclic) bond motifs is 9. The molecule has 0 atom stereocenters. The number of hydrogen-bond acceptors (Lipinski definition) is 4. The van der Waals surface area contributed by atoms with Gasteiger partial charge < -0.3 is 4.42 Å². The van der Waals surface area contributed by atoms with Crippen LogP contribution < -0.4 is 0 Å². The molecule has 9 aromatic carbocycles. The Bertz CT molecular complexity index is 4300. The smallest absolute Gasteiger partial charge is 0.164 e. The molecule has 0 unspecified atom stereocenters. The normalized spacial score (nSPS) is 16.5. The van der Waals surface area contributed by atoms with Gasteiger partial charge in [-0.2, -0.15) is 0 Å². The van der Waals surface area contributed by atoms with E-state index in [9.17, 15) is 11.0 Å². The molecule has 0 amide bonds. The first-order valence-corrected chi connectivity index (χ1v) is 17.0. The molecule has 0 aliphatic carbocycles. The van der Waals surface area contributed by atoms with Gasteiger partial charge in [0.2, 0.25) is 0 Å². The Hall–Kier alpha value is -7.43. The molecule has 4 nitrogen and oxygen atoms in total. The highest BCUT2D eigenvalue weighted by molar-refractivity contribution is 6.25. The first-order valence-electron chi connectivity index (χ1n) is 26.5. The van der Waals surface area contributed by atoms with Gasteiger partial charge in [-0.1, -0.05) is 157 Å². The molecule has 2 heterocycles. The molecule has 0 aliphatic rings. The lowest BCUT2D eigenvalue weighted by molar-refractivity contribution is 0.669. The Labute approximate surface area is 343 Å². The molecule has 0 saturated carbocycles. The minimum atomic E-state index is -0.937. The number of hydrogen-bond donors (Lipinski definition) is 0. The summed E-state index contributed by atoms with van der Waals surface area (Å²) in [6, 6.07) is 6.14. The number of rotatable bonds is 5. The van der Waals surface area contributed by atoms with Crippen molar-refractivity contribution in [2.45, 2.75) is 0 Å². The lowest BCUT2D eigenvalue weighted by Crippen LogP contribution is -2.00. The average molecular weight is 721 g/mol. The average Bonchev–Trinajstić information content (AvgIpc) is 3.78. The SMILES string of the molecule is [2H]c1c([2H])c(-c2c([2H])c([2H])c(-c3nc(-c4ccccc4)nc(-c4ccc5c(c4)oc4ccccc45)n3)c([2H])c2[2H])c([2H])c(-c2c([2H])c([2H])c3c4c([2H])c([2H])c([2H])c([2H])c4c4c([2H])c([2H])c([2H])c([2H])c4c3c2[2H])c1[2H]. The molecule has 0 aliphatic heterocycles. The Morgan fingerprint density at radius 1 is 0.327 bits per heavy atom. The van der Waals surface area contributed by atoms with Gasteiger partial charge in [0.25, 0.3) is 0 Å². The molecular weight excluding hydrogens is 671 g/mol. The maximum absolute atomic E-state index is 9.69. The van der Waals surface area contributed by atoms with E-state index >= 15 is 0 Å². The lowest BCUT2D eigenvalue weighted by Gasteiger charge is -2.13. The van der Waals surface area contributed by atoms with Gasteiger partial charge in [-0.05, 0) is 84.9 Å². The molecule has 11 aromatic rings. The zero-order valence-corrected chi connectivity index (χ0v) is 28.2. The van der Waals surface area contributed by atoms with Crippen LogP contribution in [-0.2, 0) is 0 Å². The van der Waals surface area contributed by atoms with Crippen molar-refractivity contribution >= 4 is 54.3 Å². The van der Waals surface area contributed by atoms with Gasteiger partial charge in [-0.15, -0.1) is 0 Å². The number of para-hydroxylation sites is 1. The van der Waals surface area contributed by atoms with E-state index in [1.165, 1.54) is 0 Å². The molecule has 0 N–H and O–H groups in total. The molecule has 0 spiro atoms. The first kappa shape index (κ1) is 17.6. The van der Waals surface area contributed by atoms with Crippen molar-refractivity contribution in [2.75, 3.05) is 0 Å². The summed E-state index contributed by atoms with van der Waals surface area (Å²) in [5.74, 6) is -0.0696. The molecule has 256 valence electrons. The highest BCUT2D eigenvalue weighted by atomic mass is 16.3. The summed E-state index contributed by atoms with van der Waals surface area (Å²) in [7, 11) is 0. The Balaban J connectivity index is 1.17. The van der Waals surface area contributed by atoms with Crippen LogP contribution in [0.1, 0.15) is 26.0 Å². The Kier molecular flexibility index (Phi) is 4.03. The summed E-state index contributed by atoms with van der Waals surface area (Å²) in [5, 5.41) is -0.985. The predicted octanol–water partition coefficient (Wildman–Crippen LogP) is 13.6. The summed E-state index contributed by atoms with van der Waals surface area (Å²) < 4.78 is 178. The third kappa shape index (κ3) is 5.34. The second kappa shape index (κ2) is 12.6. The van der Waals surface area contributed by atoms with Crippen molar-refractivity contribution in [1.29, 1.82) is 0 Å². The maximum atomic E-state index is 9.69. The fourth-order valence-electron chi connectivity index (χ4n) is 6.62. The quantitative estimate of drug-likeness (QED) is 0.166. The summed E-state index contributed by atoms with van der Waals surface area (Å²) in [5.41, 5.74) is -1.09. The third-order valence-electron chi connectivity index (χ3n) is 9.22. The van der Waals surface area contributed by atoms with E-state index in [0.717, 1.165) is 10.8 Å². The van der Waals surface area contributed by atoms with Gasteiger partial charge in [0.15, 0.2) is 17.5 Å². The van der Waals surface area contributed by atoms with Crippen LogP contribution in [0.3, 0.4) is 0 Å². The summed E-state index contributed by atoms with van der Waals surface area (Å²) in [4.78, 5) is 14.0. The number of aromatic nitrogens is 3. The molecule has 55 heavy (non-hydrogen) atoms. The van der Waals surface area contributed by atoms with Crippen LogP contribution in [0.2, 0.25) is 0 Å². The zero-order chi connectivity index (χ0) is 52.8. The Morgan fingerprint density at radius 2 is 0.855 bits per heavy atom. The van der Waals surface area contributed by atoms with E-state index in [0.29, 0.717) is 22.3 Å². The minimum Gasteiger partial charge on any atom is -0.456 e. The number of nitrogens with zero attached hydrogens (tertiary/aromatic N) is 3. The van der Waals surface area contributed by atoms with Crippen molar-refractivity contribution in [3.05, 3.63) is 188 Å². The van der Waals surface area contributed by atoms with Crippen LogP contribution >= 0.6 is 0 Å². The minimum absolute atomic E-state index is 0.0896. The molecule has 0 saturated heterocycles. The van der Waals surface area contributed by atoms with Crippen molar-refractivity contribution in [3.63, 3.8) is 0 Å². The fraction of sp³-hybridized carbons (Fsp3) is 0. The number of benzene rings is 9. The second-order valence-corrected chi connectivity index (χ2v) is 12.5. The zero-order valence-electron chi connectivity index (χ0n) is 47.2. The van der Waals surface area contributed by atoms with Gasteiger partial charge in [0.1, 0.15) is 11.2 Å². The van der Waals surface area contributed by atoms with Crippen LogP contribution in [0.15, 0.2) is 192 Å². The third-order valence-corrected chi connectivity index (χ3v) is 9.22. The molecule has 0 radical (unpaired) electrons. The van der Waals surface area contributed by atoms with Crippen LogP contribution in [0.25, 0.3) is 111 Å². The molecular formula is C51H31N3O. The molecule has 11 rings (SSSR count). The topological polar surface area (TPSA) is 51.8 Å². The van der Waals surface area contributed by atoms with Crippen molar-refractivity contribution in [3.8, 4) is 56.4 Å². The molecule has 4 heteroatoms. The highest BCUT2D eigenvalue weighted by Crippen LogP contribution is 2.38. The van der Waals surface area contributed by atoms with Crippen molar-refractivity contribution < 1.29 is 30.5 Å². The van der Waals surface area contributed by atoms with Crippen LogP contribution in [-0.4, -0.2) is 15.0 Å². The number of furan rings is 1. The summed E-state index contributed by atoms with van der Waals surface area (Å²) >= 11 is 0. The van der Waals surface area contributed by atoms with Crippen molar-refractivity contribution in [1.82, 2.24) is 15.0 Å². The van der Waals surface area contributed by atoms with Crippen LogP contribution in [0, 0.1) is 0 Å².